The van der Waals surface area contributed by atoms with E-state index < -0.39 is 0 Å². The van der Waals surface area contributed by atoms with Crippen molar-refractivity contribution in [1.82, 2.24) is 0 Å². The van der Waals surface area contributed by atoms with Crippen LogP contribution in [0.1, 0.15) is 36.1 Å². The van der Waals surface area contributed by atoms with Gasteiger partial charge in [0.25, 0.3) is 0 Å². The third-order valence-corrected chi connectivity index (χ3v) is 9.64. The van der Waals surface area contributed by atoms with Gasteiger partial charge in [-0.2, -0.15) is 10.5 Å². The first-order valence-corrected chi connectivity index (χ1v) is 16.4. The maximum Gasteiger partial charge on any atom is 0.0992 e. The summed E-state index contributed by atoms with van der Waals surface area (Å²) in [4.78, 5) is 4.50. The fourth-order valence-electron chi connectivity index (χ4n) is 7.33. The first-order valence-electron chi connectivity index (χ1n) is 16.4. The monoisotopic (exact) mass is 628 g/mol. The summed E-state index contributed by atoms with van der Waals surface area (Å²) in [5.74, 6) is 0. The second-order valence-electron chi connectivity index (χ2n) is 12.9. The van der Waals surface area contributed by atoms with E-state index in [4.69, 9.17) is 0 Å². The lowest BCUT2D eigenvalue weighted by Crippen LogP contribution is -2.18. The van der Waals surface area contributed by atoms with Crippen molar-refractivity contribution in [2.24, 2.45) is 0 Å². The highest BCUT2D eigenvalue weighted by Gasteiger charge is 2.38. The number of anilines is 6. The number of para-hydroxylation sites is 2. The van der Waals surface area contributed by atoms with Crippen molar-refractivity contribution in [2.45, 2.75) is 19.3 Å². The zero-order valence-electron chi connectivity index (χ0n) is 27.3. The Bertz CT molecular complexity index is 2450. The molecule has 0 aliphatic heterocycles. The molecule has 0 radical (unpaired) electrons. The first kappa shape index (κ1) is 29.8. The molecule has 0 spiro atoms. The molecule has 0 aromatic heterocycles. The summed E-state index contributed by atoms with van der Waals surface area (Å²) in [6.45, 7) is 4.62. The van der Waals surface area contributed by atoms with Gasteiger partial charge in [0.05, 0.1) is 29.0 Å². The van der Waals surface area contributed by atoms with Crippen LogP contribution in [0.15, 0.2) is 158 Å². The van der Waals surface area contributed by atoms with E-state index >= 15 is 0 Å². The van der Waals surface area contributed by atoms with Gasteiger partial charge in [0, 0.05) is 39.2 Å². The Balaban J connectivity index is 1.35. The standard InChI is InChI=1S/C45H32N4/c1-45(2)41-27-37(48(33-15-5-3-6-16-33)35-19-11-13-31(25-35)29-46)23-24-40(41)44-39-22-10-9-21-38(39)43(28-42(44)45)49(34-17-7-4-8-18-34)36-20-12-14-32(26-36)30-47/h3-28H,1-2H3. The zero-order chi connectivity index (χ0) is 33.5. The maximum absolute atomic E-state index is 9.80. The Morgan fingerprint density at radius 3 is 1.57 bits per heavy atom. The van der Waals surface area contributed by atoms with Crippen molar-refractivity contribution < 1.29 is 0 Å². The molecule has 4 heteroatoms. The van der Waals surface area contributed by atoms with Crippen molar-refractivity contribution in [3.63, 3.8) is 0 Å². The molecule has 0 fully saturated rings. The van der Waals surface area contributed by atoms with Gasteiger partial charge in [-0.1, -0.05) is 92.7 Å². The van der Waals surface area contributed by atoms with E-state index in [0.29, 0.717) is 11.1 Å². The second kappa shape index (κ2) is 11.9. The van der Waals surface area contributed by atoms with Gasteiger partial charge in [-0.25, -0.2) is 0 Å². The topological polar surface area (TPSA) is 54.1 Å². The lowest BCUT2D eigenvalue weighted by atomic mass is 9.81. The SMILES string of the molecule is CC1(C)c2cc(N(c3ccccc3)c3cccc(C#N)c3)ccc2-c2c1cc(N(c1ccccc1)c1cccc(C#N)c1)c1ccccc21. The van der Waals surface area contributed by atoms with Gasteiger partial charge < -0.3 is 9.80 Å². The Kier molecular flexibility index (Phi) is 7.21. The van der Waals surface area contributed by atoms with E-state index in [1.165, 1.54) is 27.6 Å². The fourth-order valence-corrected chi connectivity index (χ4v) is 7.33. The Morgan fingerprint density at radius 2 is 0.959 bits per heavy atom. The summed E-state index contributed by atoms with van der Waals surface area (Å²) in [6.07, 6.45) is 0. The number of nitriles is 2. The van der Waals surface area contributed by atoms with Crippen LogP contribution in [-0.4, -0.2) is 0 Å². The van der Waals surface area contributed by atoms with Crippen molar-refractivity contribution in [3.8, 4) is 23.3 Å². The van der Waals surface area contributed by atoms with Gasteiger partial charge >= 0.3 is 0 Å². The van der Waals surface area contributed by atoms with Crippen LogP contribution in [0.2, 0.25) is 0 Å². The number of fused-ring (bicyclic) bond motifs is 5. The van der Waals surface area contributed by atoms with Crippen molar-refractivity contribution >= 4 is 44.9 Å². The average molecular weight is 629 g/mol. The number of benzene rings is 7. The van der Waals surface area contributed by atoms with E-state index in [9.17, 15) is 10.5 Å². The quantitative estimate of drug-likeness (QED) is 0.184. The van der Waals surface area contributed by atoms with E-state index in [1.54, 1.807) is 0 Å². The van der Waals surface area contributed by atoms with Gasteiger partial charge in [-0.3, -0.25) is 0 Å². The Morgan fingerprint density at radius 1 is 0.449 bits per heavy atom. The summed E-state index contributed by atoms with van der Waals surface area (Å²) >= 11 is 0. The third kappa shape index (κ3) is 4.99. The highest BCUT2D eigenvalue weighted by molar-refractivity contribution is 6.10. The van der Waals surface area contributed by atoms with Crippen molar-refractivity contribution in [1.29, 1.82) is 10.5 Å². The van der Waals surface area contributed by atoms with Gasteiger partial charge in [0.1, 0.15) is 0 Å². The summed E-state index contributed by atoms with van der Waals surface area (Å²) in [5, 5.41) is 21.8. The molecule has 49 heavy (non-hydrogen) atoms. The van der Waals surface area contributed by atoms with Crippen LogP contribution >= 0.6 is 0 Å². The molecule has 0 N–H and O–H groups in total. The average Bonchev–Trinajstić information content (AvgIpc) is 3.38. The molecule has 0 bridgehead atoms. The molecule has 1 aliphatic carbocycles. The summed E-state index contributed by atoms with van der Waals surface area (Å²) in [6, 6.07) is 58.7. The first-order chi connectivity index (χ1) is 24.0. The number of nitrogens with zero attached hydrogens (tertiary/aromatic N) is 4. The predicted octanol–water partition coefficient (Wildman–Crippen LogP) is 11.8. The van der Waals surface area contributed by atoms with Crippen LogP contribution in [0.5, 0.6) is 0 Å². The molecular formula is C45H32N4. The van der Waals surface area contributed by atoms with Gasteiger partial charge in [-0.15, -0.1) is 0 Å². The van der Waals surface area contributed by atoms with Crippen LogP contribution in [0.25, 0.3) is 21.9 Å². The molecule has 4 nitrogen and oxygen atoms in total. The van der Waals surface area contributed by atoms with Crippen LogP contribution in [0, 0.1) is 22.7 Å². The van der Waals surface area contributed by atoms with Gasteiger partial charge in [-0.05, 0) is 107 Å². The second-order valence-corrected chi connectivity index (χ2v) is 12.9. The van der Waals surface area contributed by atoms with E-state index in [1.807, 2.05) is 60.7 Å². The van der Waals surface area contributed by atoms with Crippen LogP contribution in [0.3, 0.4) is 0 Å². The van der Waals surface area contributed by atoms with Crippen LogP contribution in [-0.2, 0) is 5.41 Å². The highest BCUT2D eigenvalue weighted by Crippen LogP contribution is 2.55. The lowest BCUT2D eigenvalue weighted by molar-refractivity contribution is 0.661. The molecule has 0 amide bonds. The largest absolute Gasteiger partial charge is 0.310 e. The minimum Gasteiger partial charge on any atom is -0.310 e. The number of hydrogen-bond donors (Lipinski definition) is 0. The minimum atomic E-state index is -0.326. The predicted molar refractivity (Wildman–Crippen MR) is 200 cm³/mol. The number of rotatable bonds is 6. The third-order valence-electron chi connectivity index (χ3n) is 9.64. The molecule has 7 aromatic carbocycles. The zero-order valence-corrected chi connectivity index (χ0v) is 27.3. The molecular weight excluding hydrogens is 597 g/mol. The van der Waals surface area contributed by atoms with E-state index in [2.05, 4.69) is 133 Å². The van der Waals surface area contributed by atoms with Crippen LogP contribution in [0.4, 0.5) is 34.1 Å². The van der Waals surface area contributed by atoms with Crippen molar-refractivity contribution in [3.05, 3.63) is 180 Å². The molecule has 7 aromatic rings. The smallest absolute Gasteiger partial charge is 0.0992 e. The molecule has 232 valence electrons. The molecule has 0 unspecified atom stereocenters. The summed E-state index contributed by atoms with van der Waals surface area (Å²) in [5.41, 5.74) is 11.9. The fraction of sp³-hybridized carbons (Fsp3) is 0.0667. The van der Waals surface area contributed by atoms with Crippen molar-refractivity contribution in [2.75, 3.05) is 9.80 Å². The lowest BCUT2D eigenvalue weighted by Gasteiger charge is -2.30. The van der Waals surface area contributed by atoms with E-state index in [0.717, 1.165) is 39.5 Å². The van der Waals surface area contributed by atoms with Crippen LogP contribution < -0.4 is 9.80 Å². The summed E-state index contributed by atoms with van der Waals surface area (Å²) in [7, 11) is 0. The molecule has 1 aliphatic rings. The molecule has 0 heterocycles. The molecule has 0 atom stereocenters. The molecule has 8 rings (SSSR count). The highest BCUT2D eigenvalue weighted by atomic mass is 15.1. The molecule has 0 saturated carbocycles. The summed E-state index contributed by atoms with van der Waals surface area (Å²) < 4.78 is 0. The maximum atomic E-state index is 9.80. The molecule has 0 saturated heterocycles. The van der Waals surface area contributed by atoms with Gasteiger partial charge in [0.15, 0.2) is 0 Å². The normalized spacial score (nSPS) is 12.4. The van der Waals surface area contributed by atoms with E-state index in [-0.39, 0.29) is 5.41 Å². The van der Waals surface area contributed by atoms with Gasteiger partial charge in [0.2, 0.25) is 0 Å². The number of hydrogen-bond acceptors (Lipinski definition) is 4. The minimum absolute atomic E-state index is 0.326. The Labute approximate surface area is 287 Å². The Hall–Kier alpha value is -6.62.